The third-order valence-corrected chi connectivity index (χ3v) is 3.37. The molecule has 0 radical (unpaired) electrons. The van der Waals surface area contributed by atoms with Crippen LogP contribution in [-0.2, 0) is 14.3 Å². The molecule has 5 heteroatoms. The topological polar surface area (TPSA) is 75.6 Å². The maximum atomic E-state index is 11.8. The van der Waals surface area contributed by atoms with Crippen molar-refractivity contribution in [1.82, 2.24) is 5.32 Å². The van der Waals surface area contributed by atoms with Crippen molar-refractivity contribution in [3.05, 3.63) is 54.1 Å². The predicted molar refractivity (Wildman–Crippen MR) is 94.8 cm³/mol. The van der Waals surface area contributed by atoms with Gasteiger partial charge in [-0.3, -0.25) is 4.79 Å². The van der Waals surface area contributed by atoms with Crippen LogP contribution in [0.25, 0.3) is 6.08 Å². The fourth-order valence-corrected chi connectivity index (χ4v) is 1.99. The van der Waals surface area contributed by atoms with E-state index in [4.69, 9.17) is 9.84 Å². The second-order valence-corrected chi connectivity index (χ2v) is 5.71. The molecule has 24 heavy (non-hydrogen) atoms. The van der Waals surface area contributed by atoms with Gasteiger partial charge in [0.1, 0.15) is 0 Å². The Morgan fingerprint density at radius 1 is 1.29 bits per heavy atom. The molecule has 0 bridgehead atoms. The number of amides is 1. The average Bonchev–Trinajstić information content (AvgIpc) is 2.54. The molecule has 0 heterocycles. The number of hydrogen-bond acceptors (Lipinski definition) is 3. The van der Waals surface area contributed by atoms with Crippen LogP contribution in [0.1, 0.15) is 37.3 Å². The molecule has 0 spiro atoms. The van der Waals surface area contributed by atoms with Crippen molar-refractivity contribution in [3.63, 3.8) is 0 Å². The monoisotopic (exact) mass is 331 g/mol. The molecule has 0 saturated carbocycles. The Labute approximate surface area is 143 Å². The Bertz CT molecular complexity index is 576. The van der Waals surface area contributed by atoms with Gasteiger partial charge in [0.2, 0.25) is 5.91 Å². The van der Waals surface area contributed by atoms with E-state index in [1.165, 1.54) is 11.6 Å². The first-order valence-electron chi connectivity index (χ1n) is 7.91. The summed E-state index contributed by atoms with van der Waals surface area (Å²) in [5.74, 6) is -1.01. The van der Waals surface area contributed by atoms with E-state index in [0.717, 1.165) is 5.56 Å². The van der Waals surface area contributed by atoms with Crippen LogP contribution in [0.15, 0.2) is 43.0 Å². The Kier molecular flexibility index (Phi) is 8.50. The van der Waals surface area contributed by atoms with E-state index < -0.39 is 12.0 Å². The molecule has 1 atom stereocenters. The van der Waals surface area contributed by atoms with Crippen LogP contribution >= 0.6 is 0 Å². The predicted octanol–water partition coefficient (Wildman–Crippen LogP) is 2.99. The number of carbonyl (C=O) groups excluding carboxylic acids is 1. The summed E-state index contributed by atoms with van der Waals surface area (Å²) in [6.45, 7) is 7.89. The minimum Gasteiger partial charge on any atom is -0.480 e. The Morgan fingerprint density at radius 2 is 1.96 bits per heavy atom. The van der Waals surface area contributed by atoms with E-state index in [0.29, 0.717) is 5.92 Å². The third-order valence-electron chi connectivity index (χ3n) is 3.37. The summed E-state index contributed by atoms with van der Waals surface area (Å²) >= 11 is 0. The van der Waals surface area contributed by atoms with Crippen molar-refractivity contribution in [2.75, 3.05) is 13.2 Å². The van der Waals surface area contributed by atoms with Gasteiger partial charge < -0.3 is 15.2 Å². The summed E-state index contributed by atoms with van der Waals surface area (Å²) in [5.41, 5.74) is 2.25. The maximum Gasteiger partial charge on any atom is 0.328 e. The zero-order valence-corrected chi connectivity index (χ0v) is 14.2. The van der Waals surface area contributed by atoms with Crippen molar-refractivity contribution in [3.8, 4) is 0 Å². The number of nitrogens with one attached hydrogen (secondary N) is 1. The quantitative estimate of drug-likeness (QED) is 0.510. The van der Waals surface area contributed by atoms with E-state index in [2.05, 4.69) is 37.9 Å². The summed E-state index contributed by atoms with van der Waals surface area (Å²) in [6, 6.07) is 7.04. The van der Waals surface area contributed by atoms with Crippen molar-refractivity contribution in [2.24, 2.45) is 0 Å². The molecule has 1 unspecified atom stereocenters. The zero-order chi connectivity index (χ0) is 17.9. The lowest BCUT2D eigenvalue weighted by atomic mass is 10.0. The third kappa shape index (κ3) is 7.24. The molecular formula is C19H25NO4. The summed E-state index contributed by atoms with van der Waals surface area (Å²) < 4.78 is 5.08. The van der Waals surface area contributed by atoms with Crippen LogP contribution in [0.3, 0.4) is 0 Å². The minimum absolute atomic E-state index is 0.0898. The van der Waals surface area contributed by atoms with Gasteiger partial charge in [0.15, 0.2) is 6.04 Å². The van der Waals surface area contributed by atoms with E-state index in [1.807, 2.05) is 18.2 Å². The van der Waals surface area contributed by atoms with Crippen LogP contribution in [-0.4, -0.2) is 36.2 Å². The highest BCUT2D eigenvalue weighted by atomic mass is 16.5. The van der Waals surface area contributed by atoms with Crippen LogP contribution in [0.5, 0.6) is 0 Å². The molecular weight excluding hydrogens is 306 g/mol. The van der Waals surface area contributed by atoms with Crippen molar-refractivity contribution < 1.29 is 19.4 Å². The molecule has 130 valence electrons. The highest BCUT2D eigenvalue weighted by Crippen LogP contribution is 2.15. The van der Waals surface area contributed by atoms with E-state index in [9.17, 15) is 9.59 Å². The average molecular weight is 331 g/mol. The SMILES string of the molecule is C=CCOCC(NC(=O)C/C=C/c1ccc(C(C)C)cc1)C(=O)O. The van der Waals surface area contributed by atoms with Crippen molar-refractivity contribution in [2.45, 2.75) is 32.2 Å². The second-order valence-electron chi connectivity index (χ2n) is 5.71. The van der Waals surface area contributed by atoms with Crippen molar-refractivity contribution in [1.29, 1.82) is 0 Å². The molecule has 0 fully saturated rings. The highest BCUT2D eigenvalue weighted by Gasteiger charge is 2.19. The summed E-state index contributed by atoms with van der Waals surface area (Å²) in [5, 5.41) is 11.5. The molecule has 1 aromatic rings. The van der Waals surface area contributed by atoms with Gasteiger partial charge in [0.25, 0.3) is 0 Å². The Morgan fingerprint density at radius 3 is 2.50 bits per heavy atom. The van der Waals surface area contributed by atoms with Crippen LogP contribution in [0, 0.1) is 0 Å². The molecule has 1 aromatic carbocycles. The van der Waals surface area contributed by atoms with Gasteiger partial charge in [0.05, 0.1) is 13.2 Å². The van der Waals surface area contributed by atoms with Crippen LogP contribution in [0.2, 0.25) is 0 Å². The van der Waals surface area contributed by atoms with E-state index in [-0.39, 0.29) is 25.5 Å². The van der Waals surface area contributed by atoms with Gasteiger partial charge in [-0.05, 0) is 17.0 Å². The molecule has 0 aromatic heterocycles. The van der Waals surface area contributed by atoms with Gasteiger partial charge in [0, 0.05) is 6.42 Å². The van der Waals surface area contributed by atoms with Gasteiger partial charge in [-0.1, -0.05) is 56.3 Å². The fourth-order valence-electron chi connectivity index (χ4n) is 1.99. The normalized spacial score (nSPS) is 12.3. The smallest absolute Gasteiger partial charge is 0.328 e. The number of hydrogen-bond donors (Lipinski definition) is 2. The first kappa shape index (κ1) is 19.6. The number of carboxylic acids is 1. The molecule has 0 aliphatic carbocycles. The summed E-state index contributed by atoms with van der Waals surface area (Å²) in [7, 11) is 0. The number of rotatable bonds is 10. The van der Waals surface area contributed by atoms with Gasteiger partial charge in [-0.15, -0.1) is 6.58 Å². The Balaban J connectivity index is 2.48. The number of carboxylic acid groups (broad SMARTS) is 1. The molecule has 0 aliphatic heterocycles. The largest absolute Gasteiger partial charge is 0.480 e. The van der Waals surface area contributed by atoms with Gasteiger partial charge in [-0.25, -0.2) is 4.79 Å². The van der Waals surface area contributed by atoms with Crippen molar-refractivity contribution >= 4 is 18.0 Å². The lowest BCUT2D eigenvalue weighted by molar-refractivity contribution is -0.143. The fraction of sp³-hybridized carbons (Fsp3) is 0.368. The zero-order valence-electron chi connectivity index (χ0n) is 14.2. The van der Waals surface area contributed by atoms with Gasteiger partial charge in [-0.2, -0.15) is 0 Å². The standard InChI is InChI=1S/C19H25NO4/c1-4-12-24-13-17(19(22)23)20-18(21)7-5-6-15-8-10-16(11-9-15)14(2)3/h4-6,8-11,14,17H,1,7,12-13H2,2-3H3,(H,20,21)(H,22,23)/b6-5+. The maximum absolute atomic E-state index is 11.8. The first-order chi connectivity index (χ1) is 11.4. The second kappa shape index (κ2) is 10.4. The van der Waals surface area contributed by atoms with E-state index in [1.54, 1.807) is 6.08 Å². The highest BCUT2D eigenvalue weighted by molar-refractivity contribution is 5.84. The number of ether oxygens (including phenoxy) is 1. The lowest BCUT2D eigenvalue weighted by Crippen LogP contribution is -2.43. The van der Waals surface area contributed by atoms with E-state index >= 15 is 0 Å². The molecule has 1 rings (SSSR count). The molecule has 5 nitrogen and oxygen atoms in total. The lowest BCUT2D eigenvalue weighted by Gasteiger charge is -2.13. The molecule has 0 aliphatic rings. The number of carbonyl (C=O) groups is 2. The minimum atomic E-state index is -1.12. The number of benzene rings is 1. The number of aliphatic carboxylic acids is 1. The summed E-state index contributed by atoms with van der Waals surface area (Å²) in [4.78, 5) is 22.9. The van der Waals surface area contributed by atoms with Gasteiger partial charge >= 0.3 is 5.97 Å². The molecule has 2 N–H and O–H groups in total. The van der Waals surface area contributed by atoms with Crippen LogP contribution in [0.4, 0.5) is 0 Å². The first-order valence-corrected chi connectivity index (χ1v) is 7.91. The molecule has 0 saturated heterocycles. The summed E-state index contributed by atoms with van der Waals surface area (Å²) in [6.07, 6.45) is 5.18. The Hall–Kier alpha value is -2.40. The van der Waals surface area contributed by atoms with Crippen LogP contribution < -0.4 is 5.32 Å². The molecule has 1 amide bonds.